The van der Waals surface area contributed by atoms with Crippen LogP contribution in [0.25, 0.3) is 98.0 Å². The van der Waals surface area contributed by atoms with E-state index in [9.17, 15) is 10.2 Å². The Balaban J connectivity index is 0.866. The van der Waals surface area contributed by atoms with Crippen molar-refractivity contribution in [3.63, 3.8) is 0 Å². The maximum Gasteiger partial charge on any atom is 0.128 e. The van der Waals surface area contributed by atoms with Gasteiger partial charge in [0.1, 0.15) is 74.1 Å². The zero-order chi connectivity index (χ0) is 51.2. The molecule has 0 spiro atoms. The molecule has 374 valence electrons. The minimum absolute atomic E-state index is 0.106. The molecule has 8 nitrogen and oxygen atoms in total. The molecule has 12 rings (SSSR count). The topological polar surface area (TPSA) is 95.8 Å². The Hall–Kier alpha value is -9.08. The Bertz CT molecular complexity index is 3810. The van der Waals surface area contributed by atoms with Crippen molar-refractivity contribution in [2.45, 2.75) is 0 Å². The molecule has 0 fully saturated rings. The summed E-state index contributed by atoms with van der Waals surface area (Å²) in [6.07, 6.45) is 0. The predicted octanol–water partition coefficient (Wildman–Crippen LogP) is 15.3. The predicted molar refractivity (Wildman–Crippen MR) is 308 cm³/mol. The third-order valence-corrected chi connectivity index (χ3v) is 14.0. The first-order chi connectivity index (χ1) is 37.7. The molecule has 0 unspecified atom stereocenters. The van der Waals surface area contributed by atoms with Crippen molar-refractivity contribution >= 4 is 64.6 Å². The smallest absolute Gasteiger partial charge is 0.128 e. The number of ether oxygens (including phenoxy) is 6. The lowest BCUT2D eigenvalue weighted by atomic mass is 9.92. The third kappa shape index (κ3) is 9.30. The van der Waals surface area contributed by atoms with Crippen molar-refractivity contribution in [1.82, 2.24) is 0 Å². The van der Waals surface area contributed by atoms with Crippen LogP contribution in [0.3, 0.4) is 0 Å². The molecule has 0 bridgehead atoms. The average Bonchev–Trinajstić information content (AvgIpc) is 3.53. The molecule has 0 aromatic heterocycles. The molecular formula is C68H54O8. The normalized spacial score (nSPS) is 11.4. The highest BCUT2D eigenvalue weighted by Gasteiger charge is 2.23. The molecule has 0 heterocycles. The standard InChI is InChI=1S/C68H54O8/c69-37-39-71-57-31-25-45-13-1-7-19-51(45)63(57)65-53-21-9-3-15-47(53)27-33-59(65)73-41-43-75-61-35-29-49-17-5-11-23-55(49)67(61)68-56-24-12-6-18-50(56)30-36-62(68)76-44-42-74-60-34-28-48-16-4-10-22-54(48)66(60)64-52-20-8-2-14-46(52)26-32-58(64)72-40-38-70/h1-36,69-70H,37-44H2. The fourth-order valence-electron chi connectivity index (χ4n) is 10.7. The molecule has 0 atom stereocenters. The van der Waals surface area contributed by atoms with Crippen molar-refractivity contribution < 1.29 is 38.6 Å². The molecular weight excluding hydrogens is 945 g/mol. The van der Waals surface area contributed by atoms with E-state index in [0.717, 1.165) is 98.0 Å². The Labute approximate surface area is 440 Å². The van der Waals surface area contributed by atoms with Gasteiger partial charge >= 0.3 is 0 Å². The second-order valence-corrected chi connectivity index (χ2v) is 18.5. The first-order valence-electron chi connectivity index (χ1n) is 25.8. The number of aliphatic hydroxyl groups is 2. The van der Waals surface area contributed by atoms with Crippen LogP contribution in [0.5, 0.6) is 34.5 Å². The van der Waals surface area contributed by atoms with Crippen molar-refractivity contribution in [1.29, 1.82) is 0 Å². The Kier molecular flexibility index (Phi) is 13.7. The lowest BCUT2D eigenvalue weighted by molar-refractivity contribution is 0.202. The van der Waals surface area contributed by atoms with Crippen LogP contribution in [0.2, 0.25) is 0 Å². The SMILES string of the molecule is OCCOc1ccc2ccccc2c1-c1c(OCCOc2ccc3ccccc3c2-c2c(OCCOc3ccc4ccccc4c3-c3c(OCCO)ccc4ccccc34)ccc3ccccc23)ccc2ccccc12. The van der Waals surface area contributed by atoms with Gasteiger partial charge in [0.05, 0.1) is 13.2 Å². The van der Waals surface area contributed by atoms with Crippen LogP contribution < -0.4 is 28.4 Å². The highest BCUT2D eigenvalue weighted by Crippen LogP contribution is 2.49. The highest BCUT2D eigenvalue weighted by molar-refractivity contribution is 6.12. The second kappa shape index (κ2) is 21.8. The number of rotatable bonds is 19. The fourth-order valence-corrected chi connectivity index (χ4v) is 10.7. The van der Waals surface area contributed by atoms with E-state index in [1.807, 2.05) is 84.9 Å². The maximum atomic E-state index is 9.81. The maximum absolute atomic E-state index is 9.81. The Morgan fingerprint density at radius 1 is 0.197 bits per heavy atom. The van der Waals surface area contributed by atoms with E-state index in [1.165, 1.54) is 0 Å². The van der Waals surface area contributed by atoms with Crippen LogP contribution in [0, 0.1) is 0 Å². The summed E-state index contributed by atoms with van der Waals surface area (Å²) < 4.78 is 39.7. The summed E-state index contributed by atoms with van der Waals surface area (Å²) in [6.45, 7) is 1.09. The first kappa shape index (κ1) is 47.9. The van der Waals surface area contributed by atoms with Crippen molar-refractivity contribution in [3.8, 4) is 67.9 Å². The summed E-state index contributed by atoms with van der Waals surface area (Å²) in [7, 11) is 0. The van der Waals surface area contributed by atoms with E-state index in [1.54, 1.807) is 0 Å². The molecule has 0 amide bonds. The van der Waals surface area contributed by atoms with Crippen LogP contribution in [-0.4, -0.2) is 63.1 Å². The third-order valence-electron chi connectivity index (χ3n) is 14.0. The van der Waals surface area contributed by atoms with Crippen molar-refractivity contribution in [2.75, 3.05) is 52.9 Å². The molecule has 0 saturated carbocycles. The molecule has 2 N–H and O–H groups in total. The lowest BCUT2D eigenvalue weighted by Gasteiger charge is -2.21. The van der Waals surface area contributed by atoms with Gasteiger partial charge in [0.2, 0.25) is 0 Å². The first-order valence-corrected chi connectivity index (χ1v) is 25.8. The number of hydrogen-bond acceptors (Lipinski definition) is 8. The van der Waals surface area contributed by atoms with Gasteiger partial charge in [-0.05, 0) is 101 Å². The minimum atomic E-state index is -0.106. The summed E-state index contributed by atoms with van der Waals surface area (Å²) in [5, 5.41) is 32.2. The molecule has 0 aliphatic heterocycles. The minimum Gasteiger partial charge on any atom is -0.491 e. The lowest BCUT2D eigenvalue weighted by Crippen LogP contribution is -2.12. The number of benzene rings is 12. The monoisotopic (exact) mass is 998 g/mol. The van der Waals surface area contributed by atoms with E-state index in [0.29, 0.717) is 34.5 Å². The van der Waals surface area contributed by atoms with E-state index in [4.69, 9.17) is 28.4 Å². The zero-order valence-corrected chi connectivity index (χ0v) is 41.8. The van der Waals surface area contributed by atoms with Gasteiger partial charge in [-0.15, -0.1) is 0 Å². The van der Waals surface area contributed by atoms with Gasteiger partial charge in [-0.1, -0.05) is 182 Å². The Morgan fingerprint density at radius 3 is 0.553 bits per heavy atom. The average molecular weight is 999 g/mol. The summed E-state index contributed by atoms with van der Waals surface area (Å²) in [4.78, 5) is 0. The van der Waals surface area contributed by atoms with Crippen molar-refractivity contribution in [3.05, 3.63) is 218 Å². The van der Waals surface area contributed by atoms with Gasteiger partial charge in [0, 0.05) is 33.4 Å². The number of fused-ring (bicyclic) bond motifs is 6. The van der Waals surface area contributed by atoms with E-state index in [2.05, 4.69) is 133 Å². The van der Waals surface area contributed by atoms with Crippen molar-refractivity contribution in [2.24, 2.45) is 0 Å². The highest BCUT2D eigenvalue weighted by atomic mass is 16.5. The van der Waals surface area contributed by atoms with E-state index in [-0.39, 0.29) is 52.9 Å². The van der Waals surface area contributed by atoms with Gasteiger partial charge in [-0.3, -0.25) is 0 Å². The van der Waals surface area contributed by atoms with E-state index >= 15 is 0 Å². The molecule has 0 saturated heterocycles. The molecule has 12 aromatic rings. The quantitative estimate of drug-likeness (QED) is 0.0774. The van der Waals surface area contributed by atoms with Crippen LogP contribution in [0.15, 0.2) is 218 Å². The van der Waals surface area contributed by atoms with Gasteiger partial charge in [-0.25, -0.2) is 0 Å². The fraction of sp³-hybridized carbons (Fsp3) is 0.118. The molecule has 0 radical (unpaired) electrons. The number of hydrogen-bond donors (Lipinski definition) is 2. The summed E-state index contributed by atoms with van der Waals surface area (Å²) >= 11 is 0. The zero-order valence-electron chi connectivity index (χ0n) is 41.8. The summed E-state index contributed by atoms with van der Waals surface area (Å²) in [5.41, 5.74) is 5.48. The van der Waals surface area contributed by atoms with Gasteiger partial charge in [0.15, 0.2) is 0 Å². The van der Waals surface area contributed by atoms with Crippen LogP contribution in [-0.2, 0) is 0 Å². The molecule has 12 aromatic carbocycles. The summed E-state index contributed by atoms with van der Waals surface area (Å²) in [6, 6.07) is 74.4. The molecule has 0 aliphatic rings. The Morgan fingerprint density at radius 2 is 0.368 bits per heavy atom. The molecule has 76 heavy (non-hydrogen) atoms. The second-order valence-electron chi connectivity index (χ2n) is 18.5. The van der Waals surface area contributed by atoms with Crippen LogP contribution in [0.4, 0.5) is 0 Å². The molecule has 0 aliphatic carbocycles. The largest absolute Gasteiger partial charge is 0.491 e. The van der Waals surface area contributed by atoms with Gasteiger partial charge < -0.3 is 38.6 Å². The van der Waals surface area contributed by atoms with E-state index < -0.39 is 0 Å². The van der Waals surface area contributed by atoms with Crippen LogP contribution in [0.1, 0.15) is 0 Å². The molecule has 8 heteroatoms. The van der Waals surface area contributed by atoms with Gasteiger partial charge in [-0.2, -0.15) is 0 Å². The van der Waals surface area contributed by atoms with Gasteiger partial charge in [0.25, 0.3) is 0 Å². The van der Waals surface area contributed by atoms with Crippen LogP contribution >= 0.6 is 0 Å². The number of aliphatic hydroxyl groups excluding tert-OH is 2. The summed E-state index contributed by atoms with van der Waals surface area (Å²) in [5.74, 6) is 4.13.